The first-order valence-corrected chi connectivity index (χ1v) is 6.68. The minimum Gasteiger partial charge on any atom is -0.338 e. The van der Waals surface area contributed by atoms with Gasteiger partial charge in [0.2, 0.25) is 5.91 Å². The molecule has 1 aliphatic carbocycles. The van der Waals surface area contributed by atoms with Crippen LogP contribution < -0.4 is 0 Å². The predicted molar refractivity (Wildman–Crippen MR) is 68.2 cm³/mol. The molecule has 3 heteroatoms. The van der Waals surface area contributed by atoms with Crippen LogP contribution in [0.1, 0.15) is 24.0 Å². The molecule has 0 bridgehead atoms. The highest BCUT2D eigenvalue weighted by Gasteiger charge is 2.34. The minimum absolute atomic E-state index is 0.0136. The van der Waals surface area contributed by atoms with Crippen LogP contribution in [-0.2, 0) is 17.6 Å². The van der Waals surface area contributed by atoms with Crippen molar-refractivity contribution in [3.05, 3.63) is 35.4 Å². The largest absolute Gasteiger partial charge is 0.338 e. The molecule has 1 fully saturated rings. The Morgan fingerprint density at radius 3 is 2.65 bits per heavy atom. The molecule has 1 aliphatic heterocycles. The third-order valence-corrected chi connectivity index (χ3v) is 4.17. The lowest BCUT2D eigenvalue weighted by atomic mass is 9.87. The molecule has 0 N–H and O–H groups in total. The van der Waals surface area contributed by atoms with E-state index in [9.17, 15) is 4.79 Å². The fraction of sp³-hybridized carbons (Fsp3) is 0.500. The van der Waals surface area contributed by atoms with E-state index >= 15 is 0 Å². The van der Waals surface area contributed by atoms with Gasteiger partial charge in [0.25, 0.3) is 0 Å². The summed E-state index contributed by atoms with van der Waals surface area (Å²) in [6, 6.07) is 8.91. The Morgan fingerprint density at radius 1 is 1.18 bits per heavy atom. The quantitative estimate of drug-likeness (QED) is 0.700. The molecule has 17 heavy (non-hydrogen) atoms. The van der Waals surface area contributed by atoms with E-state index < -0.39 is 0 Å². The number of likely N-dealkylation sites (tertiary alicyclic amines) is 1. The third kappa shape index (κ3) is 2.06. The van der Waals surface area contributed by atoms with Gasteiger partial charge in [0, 0.05) is 19.0 Å². The number of hydrogen-bond donors (Lipinski definition) is 0. The van der Waals surface area contributed by atoms with Gasteiger partial charge in [-0.25, -0.2) is 0 Å². The summed E-state index contributed by atoms with van der Waals surface area (Å²) < 4.78 is 0. The van der Waals surface area contributed by atoms with E-state index in [0.717, 1.165) is 25.8 Å². The van der Waals surface area contributed by atoms with Gasteiger partial charge in [0.1, 0.15) is 0 Å². The number of rotatable bonds is 1. The molecule has 0 radical (unpaired) electrons. The topological polar surface area (TPSA) is 20.3 Å². The molecular formula is C14H16ClNO. The number of carbonyl (C=O) groups is 1. The summed E-state index contributed by atoms with van der Waals surface area (Å²) in [5, 5.41) is 0.0136. The van der Waals surface area contributed by atoms with Gasteiger partial charge in [-0.05, 0) is 30.4 Å². The minimum atomic E-state index is 0.0136. The maximum atomic E-state index is 11.8. The predicted octanol–water partition coefficient (Wildman–Crippen LogP) is 2.38. The second kappa shape index (κ2) is 4.34. The van der Waals surface area contributed by atoms with Crippen LogP contribution in [-0.4, -0.2) is 28.8 Å². The summed E-state index contributed by atoms with van der Waals surface area (Å²) in [6.07, 6.45) is 3.66. The van der Waals surface area contributed by atoms with Crippen LogP contribution in [0.4, 0.5) is 0 Å². The van der Waals surface area contributed by atoms with Gasteiger partial charge in [-0.3, -0.25) is 4.79 Å². The Balaban J connectivity index is 1.78. The number of carbonyl (C=O) groups excluding carboxylic acids is 1. The highest BCUT2D eigenvalue weighted by molar-refractivity contribution is 6.22. The van der Waals surface area contributed by atoms with E-state index in [-0.39, 0.29) is 11.3 Å². The molecule has 3 rings (SSSR count). The first-order chi connectivity index (χ1) is 8.24. The molecule has 0 aromatic heterocycles. The number of fused-ring (bicyclic) bond motifs is 1. The molecule has 2 aliphatic rings. The Labute approximate surface area is 107 Å². The Morgan fingerprint density at radius 2 is 1.94 bits per heavy atom. The molecule has 2 nitrogen and oxygen atoms in total. The maximum absolute atomic E-state index is 11.8. The van der Waals surface area contributed by atoms with Gasteiger partial charge >= 0.3 is 0 Å². The monoisotopic (exact) mass is 249 g/mol. The Bertz CT molecular complexity index is 446. The van der Waals surface area contributed by atoms with E-state index in [0.29, 0.717) is 12.5 Å². The molecule has 1 aromatic carbocycles. The van der Waals surface area contributed by atoms with Crippen molar-refractivity contribution in [3.8, 4) is 0 Å². The van der Waals surface area contributed by atoms with Crippen molar-refractivity contribution in [2.75, 3.05) is 6.54 Å². The second-order valence-corrected chi connectivity index (χ2v) is 5.63. The van der Waals surface area contributed by atoms with Crippen LogP contribution in [0.3, 0.4) is 0 Å². The summed E-state index contributed by atoms with van der Waals surface area (Å²) in [5.74, 6) is 0.231. The third-order valence-electron chi connectivity index (χ3n) is 3.87. The lowest BCUT2D eigenvalue weighted by Gasteiger charge is -2.32. The number of halogens is 1. The standard InChI is InChI=1S/C14H16ClNO/c15-12-8-14(17)16(9-12)13-6-5-10-3-1-2-4-11(10)7-13/h1-4,12-13H,5-9H2. The highest BCUT2D eigenvalue weighted by Crippen LogP contribution is 2.28. The summed E-state index contributed by atoms with van der Waals surface area (Å²) in [6.45, 7) is 0.729. The summed E-state index contributed by atoms with van der Waals surface area (Å²) in [4.78, 5) is 13.8. The van der Waals surface area contributed by atoms with E-state index in [1.165, 1.54) is 11.1 Å². The van der Waals surface area contributed by atoms with E-state index in [2.05, 4.69) is 24.3 Å². The van der Waals surface area contributed by atoms with Crippen molar-refractivity contribution >= 4 is 17.5 Å². The first-order valence-electron chi connectivity index (χ1n) is 6.24. The van der Waals surface area contributed by atoms with Crippen LogP contribution >= 0.6 is 11.6 Å². The lowest BCUT2D eigenvalue weighted by Crippen LogP contribution is -2.40. The molecule has 1 saturated heterocycles. The molecule has 0 saturated carbocycles. The zero-order chi connectivity index (χ0) is 11.8. The fourth-order valence-corrected chi connectivity index (χ4v) is 3.26. The molecule has 1 amide bonds. The molecule has 1 aromatic rings. The average Bonchev–Trinajstić information content (AvgIpc) is 2.68. The van der Waals surface area contributed by atoms with Crippen LogP contribution in [0.15, 0.2) is 24.3 Å². The highest BCUT2D eigenvalue weighted by atomic mass is 35.5. The number of benzene rings is 1. The van der Waals surface area contributed by atoms with Crippen molar-refractivity contribution in [1.29, 1.82) is 0 Å². The Kier molecular flexibility index (Phi) is 2.83. The van der Waals surface area contributed by atoms with Crippen molar-refractivity contribution in [3.63, 3.8) is 0 Å². The van der Waals surface area contributed by atoms with Crippen LogP contribution in [0.2, 0.25) is 0 Å². The molecular weight excluding hydrogens is 234 g/mol. The second-order valence-electron chi connectivity index (χ2n) is 5.01. The molecule has 1 heterocycles. The molecule has 2 atom stereocenters. The molecule has 90 valence electrons. The van der Waals surface area contributed by atoms with Crippen LogP contribution in [0.25, 0.3) is 0 Å². The summed E-state index contributed by atoms with van der Waals surface area (Å²) >= 11 is 6.06. The number of nitrogens with zero attached hydrogens (tertiary/aromatic N) is 1. The van der Waals surface area contributed by atoms with Crippen LogP contribution in [0.5, 0.6) is 0 Å². The smallest absolute Gasteiger partial charge is 0.224 e. The van der Waals surface area contributed by atoms with Gasteiger partial charge < -0.3 is 4.90 Å². The number of hydrogen-bond acceptors (Lipinski definition) is 1. The van der Waals surface area contributed by atoms with E-state index in [4.69, 9.17) is 11.6 Å². The number of aryl methyl sites for hydroxylation is 1. The van der Waals surface area contributed by atoms with Gasteiger partial charge in [-0.15, -0.1) is 11.6 Å². The molecule has 0 spiro atoms. The van der Waals surface area contributed by atoms with Gasteiger partial charge in [0.15, 0.2) is 0 Å². The van der Waals surface area contributed by atoms with Gasteiger partial charge in [-0.2, -0.15) is 0 Å². The normalized spacial score (nSPS) is 28.3. The van der Waals surface area contributed by atoms with Crippen LogP contribution in [0, 0.1) is 0 Å². The van der Waals surface area contributed by atoms with Crippen molar-refractivity contribution in [2.24, 2.45) is 0 Å². The SMILES string of the molecule is O=C1CC(Cl)CN1C1CCc2ccccc2C1. The van der Waals surface area contributed by atoms with Gasteiger partial charge in [0.05, 0.1) is 5.38 Å². The maximum Gasteiger partial charge on any atom is 0.224 e. The molecule has 2 unspecified atom stereocenters. The van der Waals surface area contributed by atoms with Crippen molar-refractivity contribution < 1.29 is 4.79 Å². The van der Waals surface area contributed by atoms with E-state index in [1.54, 1.807) is 0 Å². The lowest BCUT2D eigenvalue weighted by molar-refractivity contribution is -0.129. The Hall–Kier alpha value is -1.02. The van der Waals surface area contributed by atoms with E-state index in [1.807, 2.05) is 4.90 Å². The summed E-state index contributed by atoms with van der Waals surface area (Å²) in [7, 11) is 0. The van der Waals surface area contributed by atoms with Gasteiger partial charge in [-0.1, -0.05) is 24.3 Å². The fourth-order valence-electron chi connectivity index (χ4n) is 2.98. The van der Waals surface area contributed by atoms with Crippen molar-refractivity contribution in [1.82, 2.24) is 4.90 Å². The number of alkyl halides is 1. The first kappa shape index (κ1) is 11.1. The zero-order valence-electron chi connectivity index (χ0n) is 9.73. The number of amides is 1. The van der Waals surface area contributed by atoms with Crippen molar-refractivity contribution in [2.45, 2.75) is 37.1 Å². The summed E-state index contributed by atoms with van der Waals surface area (Å²) in [5.41, 5.74) is 2.84. The zero-order valence-corrected chi connectivity index (χ0v) is 10.5. The average molecular weight is 250 g/mol.